The third kappa shape index (κ3) is 2.86. The maximum atomic E-state index is 11.5. The number of H-pyrrole nitrogens is 1. The molecule has 5 rings (SSSR count). The van der Waals surface area contributed by atoms with Crippen molar-refractivity contribution in [3.63, 3.8) is 0 Å². The van der Waals surface area contributed by atoms with Crippen LogP contribution in [0.2, 0.25) is 0 Å². The molecule has 0 radical (unpaired) electrons. The van der Waals surface area contributed by atoms with Gasteiger partial charge in [0.05, 0.1) is 12.5 Å². The second-order valence-electron chi connectivity index (χ2n) is 8.11. The summed E-state index contributed by atoms with van der Waals surface area (Å²) in [6, 6.07) is 28.6. The van der Waals surface area contributed by atoms with Crippen molar-refractivity contribution in [3.8, 4) is 0 Å². The number of aryl methyl sites for hydroxylation is 1. The lowest BCUT2D eigenvalue weighted by atomic mass is 9.83. The van der Waals surface area contributed by atoms with E-state index in [1.807, 2.05) is 61.5 Å². The van der Waals surface area contributed by atoms with Crippen LogP contribution >= 0.6 is 0 Å². The van der Waals surface area contributed by atoms with Crippen LogP contribution in [0.5, 0.6) is 0 Å². The van der Waals surface area contributed by atoms with Crippen molar-refractivity contribution in [2.75, 3.05) is 6.61 Å². The molecule has 0 bridgehead atoms. The monoisotopic (exact) mass is 395 g/mol. The Morgan fingerprint density at radius 1 is 0.900 bits per heavy atom. The number of hydrogen-bond donors (Lipinski definition) is 2. The topological polar surface area (TPSA) is 45.2 Å². The molecule has 1 aliphatic heterocycles. The molecule has 1 aromatic heterocycles. The van der Waals surface area contributed by atoms with Crippen LogP contribution in [0.15, 0.2) is 96.3 Å². The Labute approximate surface area is 176 Å². The van der Waals surface area contributed by atoms with Crippen LogP contribution in [0, 0.1) is 6.92 Å². The smallest absolute Gasteiger partial charge is 0.147 e. The third-order valence-electron chi connectivity index (χ3n) is 6.37. The first-order chi connectivity index (χ1) is 14.6. The lowest BCUT2D eigenvalue weighted by Crippen LogP contribution is -2.24. The van der Waals surface area contributed by atoms with Gasteiger partial charge >= 0.3 is 0 Å². The zero-order chi connectivity index (χ0) is 20.7. The highest BCUT2D eigenvalue weighted by Gasteiger charge is 2.43. The molecule has 2 atom stereocenters. The molecule has 1 unspecified atom stereocenters. The van der Waals surface area contributed by atoms with Crippen molar-refractivity contribution in [1.82, 2.24) is 4.98 Å². The van der Waals surface area contributed by atoms with Gasteiger partial charge in [-0.2, -0.15) is 0 Å². The summed E-state index contributed by atoms with van der Waals surface area (Å²) >= 11 is 0. The second-order valence-corrected chi connectivity index (χ2v) is 8.11. The summed E-state index contributed by atoms with van der Waals surface area (Å²) in [5.41, 5.74) is 5.56. The quantitative estimate of drug-likeness (QED) is 0.422. The van der Waals surface area contributed by atoms with Crippen molar-refractivity contribution in [1.29, 1.82) is 0 Å². The van der Waals surface area contributed by atoms with Crippen LogP contribution in [-0.4, -0.2) is 16.7 Å². The fourth-order valence-electron chi connectivity index (χ4n) is 4.64. The van der Waals surface area contributed by atoms with Crippen molar-refractivity contribution >= 4 is 10.9 Å². The van der Waals surface area contributed by atoms with Crippen molar-refractivity contribution in [3.05, 3.63) is 119 Å². The highest BCUT2D eigenvalue weighted by atomic mass is 16.5. The predicted molar refractivity (Wildman–Crippen MR) is 121 cm³/mol. The average Bonchev–Trinajstić information content (AvgIpc) is 3.28. The van der Waals surface area contributed by atoms with Crippen molar-refractivity contribution in [2.24, 2.45) is 0 Å². The van der Waals surface area contributed by atoms with Gasteiger partial charge in [0.25, 0.3) is 0 Å². The van der Waals surface area contributed by atoms with Gasteiger partial charge in [-0.15, -0.1) is 0 Å². The van der Waals surface area contributed by atoms with Crippen LogP contribution < -0.4 is 0 Å². The standard InChI is InChI=1S/C27H25NO2/c1-18-21-15-9-10-16-23(21)28-25(18)24(19-11-5-3-6-12-19)22-17-30-27(2,26(22)29)20-13-7-4-8-14-20/h3-16,24,28-29H,17H2,1-2H3/t24?,27-/m1/s1. The Bertz CT molecular complexity index is 1220. The van der Waals surface area contributed by atoms with Gasteiger partial charge in [-0.1, -0.05) is 78.9 Å². The Hall–Kier alpha value is -3.30. The van der Waals surface area contributed by atoms with Crippen LogP contribution in [-0.2, 0) is 10.3 Å². The molecule has 3 heteroatoms. The van der Waals surface area contributed by atoms with Crippen molar-refractivity contribution in [2.45, 2.75) is 25.4 Å². The molecule has 1 aliphatic rings. The van der Waals surface area contributed by atoms with Gasteiger partial charge in [0.2, 0.25) is 0 Å². The van der Waals surface area contributed by atoms with Gasteiger partial charge < -0.3 is 14.8 Å². The van der Waals surface area contributed by atoms with E-state index in [2.05, 4.69) is 42.2 Å². The minimum atomic E-state index is -0.844. The first kappa shape index (κ1) is 18.7. The SMILES string of the molecule is Cc1c(C(C2=C(O)[C@@](C)(c3ccccc3)OC2)c2ccccc2)[nH]c2ccccc12. The first-order valence-electron chi connectivity index (χ1n) is 10.3. The van der Waals surface area contributed by atoms with E-state index in [-0.39, 0.29) is 5.92 Å². The summed E-state index contributed by atoms with van der Waals surface area (Å²) in [5, 5.41) is 12.7. The van der Waals surface area contributed by atoms with Crippen molar-refractivity contribution < 1.29 is 9.84 Å². The summed E-state index contributed by atoms with van der Waals surface area (Å²) < 4.78 is 6.25. The fourth-order valence-corrected chi connectivity index (χ4v) is 4.64. The molecule has 3 aromatic carbocycles. The molecule has 0 aliphatic carbocycles. The first-order valence-corrected chi connectivity index (χ1v) is 10.3. The molecule has 150 valence electrons. The normalized spacial score (nSPS) is 20.1. The summed E-state index contributed by atoms with van der Waals surface area (Å²) in [5.74, 6) is 0.199. The summed E-state index contributed by atoms with van der Waals surface area (Å²) in [7, 11) is 0. The van der Waals surface area contributed by atoms with E-state index in [4.69, 9.17) is 4.74 Å². The van der Waals surface area contributed by atoms with E-state index in [1.54, 1.807) is 0 Å². The van der Waals surface area contributed by atoms with Gasteiger partial charge in [0, 0.05) is 22.2 Å². The highest BCUT2D eigenvalue weighted by molar-refractivity contribution is 5.85. The molecule has 4 aromatic rings. The zero-order valence-electron chi connectivity index (χ0n) is 17.2. The summed E-state index contributed by atoms with van der Waals surface area (Å²) in [6.45, 7) is 4.48. The Morgan fingerprint density at radius 2 is 1.53 bits per heavy atom. The molecular formula is C27H25NO2. The number of aromatic nitrogens is 1. The van der Waals surface area contributed by atoms with Crippen LogP contribution in [0.1, 0.15) is 35.2 Å². The predicted octanol–water partition coefficient (Wildman–Crippen LogP) is 6.37. The van der Waals surface area contributed by atoms with Crippen LogP contribution in [0.3, 0.4) is 0 Å². The van der Waals surface area contributed by atoms with Crippen LogP contribution in [0.25, 0.3) is 10.9 Å². The maximum Gasteiger partial charge on any atom is 0.147 e. The minimum absolute atomic E-state index is 0.107. The fraction of sp³-hybridized carbons (Fsp3) is 0.185. The number of benzene rings is 3. The molecular weight excluding hydrogens is 370 g/mol. The number of hydrogen-bond acceptors (Lipinski definition) is 2. The molecule has 0 fully saturated rings. The number of nitrogens with one attached hydrogen (secondary N) is 1. The van der Waals surface area contributed by atoms with E-state index >= 15 is 0 Å². The lowest BCUT2D eigenvalue weighted by Gasteiger charge is -2.25. The largest absolute Gasteiger partial charge is 0.509 e. The van der Waals surface area contributed by atoms with E-state index in [1.165, 1.54) is 10.9 Å². The van der Waals surface area contributed by atoms with Gasteiger partial charge in [-0.25, -0.2) is 0 Å². The minimum Gasteiger partial charge on any atom is -0.509 e. The molecule has 3 nitrogen and oxygen atoms in total. The van der Waals surface area contributed by atoms with E-state index < -0.39 is 5.60 Å². The van der Waals surface area contributed by atoms with Gasteiger partial charge in [0.1, 0.15) is 11.4 Å². The van der Waals surface area contributed by atoms with E-state index in [0.717, 1.165) is 27.9 Å². The lowest BCUT2D eigenvalue weighted by molar-refractivity contribution is 0.00438. The highest BCUT2D eigenvalue weighted by Crippen LogP contribution is 2.46. The molecule has 2 N–H and O–H groups in total. The maximum absolute atomic E-state index is 11.5. The summed E-state index contributed by atoms with van der Waals surface area (Å²) in [4.78, 5) is 3.63. The molecule has 0 spiro atoms. The Kier molecular flexibility index (Phi) is 4.48. The number of aliphatic hydroxyl groups is 1. The Balaban J connectivity index is 1.71. The van der Waals surface area contributed by atoms with Gasteiger partial charge in [-0.3, -0.25) is 0 Å². The molecule has 2 heterocycles. The van der Waals surface area contributed by atoms with Crippen LogP contribution in [0.4, 0.5) is 0 Å². The molecule has 0 amide bonds. The van der Waals surface area contributed by atoms with Gasteiger partial charge in [0.15, 0.2) is 0 Å². The molecule has 30 heavy (non-hydrogen) atoms. The number of ether oxygens (including phenoxy) is 1. The third-order valence-corrected chi connectivity index (χ3v) is 6.37. The molecule has 0 saturated carbocycles. The van der Waals surface area contributed by atoms with Gasteiger partial charge in [-0.05, 0) is 36.6 Å². The molecule has 0 saturated heterocycles. The second kappa shape index (κ2) is 7.19. The van der Waals surface area contributed by atoms with E-state index in [9.17, 15) is 5.11 Å². The average molecular weight is 396 g/mol. The number of fused-ring (bicyclic) bond motifs is 1. The Morgan fingerprint density at radius 3 is 2.23 bits per heavy atom. The number of para-hydroxylation sites is 1. The van der Waals surface area contributed by atoms with E-state index in [0.29, 0.717) is 12.4 Å². The number of aliphatic hydroxyl groups excluding tert-OH is 1. The zero-order valence-corrected chi connectivity index (χ0v) is 17.2. The summed E-state index contributed by atoms with van der Waals surface area (Å²) in [6.07, 6.45) is 0. The number of rotatable bonds is 4. The number of aromatic amines is 1.